The summed E-state index contributed by atoms with van der Waals surface area (Å²) in [4.78, 5) is 0.822. The van der Waals surface area contributed by atoms with Gasteiger partial charge in [-0.05, 0) is 18.2 Å². The molecular formula is C17H19F2N2O2S+. The van der Waals surface area contributed by atoms with E-state index in [0.717, 1.165) is 11.0 Å². The number of nitrogens with one attached hydrogen (secondary N) is 1. The smallest absolute Gasteiger partial charge is 0.246 e. The molecule has 1 heterocycles. The van der Waals surface area contributed by atoms with E-state index >= 15 is 0 Å². The van der Waals surface area contributed by atoms with Gasteiger partial charge in [0.2, 0.25) is 10.0 Å². The second-order valence-corrected chi connectivity index (χ2v) is 7.76. The Balaban J connectivity index is 1.67. The molecule has 0 saturated carbocycles. The van der Waals surface area contributed by atoms with Crippen molar-refractivity contribution in [2.24, 2.45) is 0 Å². The van der Waals surface area contributed by atoms with Crippen molar-refractivity contribution in [3.8, 4) is 0 Å². The van der Waals surface area contributed by atoms with Gasteiger partial charge in [-0.1, -0.05) is 30.3 Å². The molecule has 0 aliphatic carbocycles. The van der Waals surface area contributed by atoms with Gasteiger partial charge in [-0.15, -0.1) is 0 Å². The molecule has 1 aliphatic heterocycles. The van der Waals surface area contributed by atoms with E-state index in [9.17, 15) is 17.2 Å². The van der Waals surface area contributed by atoms with Crippen LogP contribution in [0.15, 0.2) is 53.4 Å². The van der Waals surface area contributed by atoms with Gasteiger partial charge in [0.15, 0.2) is 0 Å². The van der Waals surface area contributed by atoms with Crippen LogP contribution in [-0.2, 0) is 16.6 Å². The number of quaternary nitrogens is 1. The standard InChI is InChI=1S/C17H18F2N2O2S/c18-15-6-2-1-5-14(15)13-20-9-11-21(12-10-20)24(22,23)17-8-4-3-7-16(17)19/h1-8H,9-13H2/p+1. The molecule has 3 rings (SSSR count). The molecule has 0 bridgehead atoms. The fourth-order valence-electron chi connectivity index (χ4n) is 2.92. The topological polar surface area (TPSA) is 41.8 Å². The molecule has 7 heteroatoms. The minimum atomic E-state index is -3.83. The van der Waals surface area contributed by atoms with Crippen molar-refractivity contribution >= 4 is 10.0 Å². The molecule has 1 N–H and O–H groups in total. The van der Waals surface area contributed by atoms with Crippen LogP contribution in [0.4, 0.5) is 8.78 Å². The van der Waals surface area contributed by atoms with Crippen LogP contribution in [0.2, 0.25) is 0 Å². The van der Waals surface area contributed by atoms with E-state index in [0.29, 0.717) is 38.3 Å². The van der Waals surface area contributed by atoms with Crippen LogP contribution in [0, 0.1) is 11.6 Å². The van der Waals surface area contributed by atoms with Crippen molar-refractivity contribution in [3.63, 3.8) is 0 Å². The highest BCUT2D eigenvalue weighted by molar-refractivity contribution is 7.89. The van der Waals surface area contributed by atoms with E-state index in [-0.39, 0.29) is 10.7 Å². The largest absolute Gasteiger partial charge is 0.329 e. The average molecular weight is 353 g/mol. The molecule has 1 saturated heterocycles. The molecule has 2 aromatic carbocycles. The summed E-state index contributed by atoms with van der Waals surface area (Å²) in [5, 5.41) is 0. The number of halogens is 2. The van der Waals surface area contributed by atoms with Crippen molar-refractivity contribution < 1.29 is 22.1 Å². The molecule has 0 aromatic heterocycles. The first-order valence-electron chi connectivity index (χ1n) is 7.80. The Hall–Kier alpha value is -1.83. The van der Waals surface area contributed by atoms with E-state index in [4.69, 9.17) is 0 Å². The van der Waals surface area contributed by atoms with Crippen molar-refractivity contribution in [1.29, 1.82) is 0 Å². The first-order valence-corrected chi connectivity index (χ1v) is 9.24. The first kappa shape index (κ1) is 17.0. The SMILES string of the molecule is O=S(=O)(c1ccccc1F)N1CC[NH+](Cc2ccccc2F)CC1. The predicted molar refractivity (Wildman–Crippen MR) is 86.0 cm³/mol. The number of piperazine rings is 1. The summed E-state index contributed by atoms with van der Waals surface area (Å²) in [6, 6.07) is 12.0. The zero-order valence-corrected chi connectivity index (χ0v) is 13.9. The third-order valence-electron chi connectivity index (χ3n) is 4.28. The summed E-state index contributed by atoms with van der Waals surface area (Å²) in [5.74, 6) is -0.981. The van der Waals surface area contributed by atoms with Crippen LogP contribution in [0.1, 0.15) is 5.56 Å². The molecule has 4 nitrogen and oxygen atoms in total. The summed E-state index contributed by atoms with van der Waals surface area (Å²) >= 11 is 0. The monoisotopic (exact) mass is 353 g/mol. The quantitative estimate of drug-likeness (QED) is 0.893. The second-order valence-electron chi connectivity index (χ2n) is 5.85. The zero-order valence-electron chi connectivity index (χ0n) is 13.1. The van der Waals surface area contributed by atoms with Crippen LogP contribution >= 0.6 is 0 Å². The molecule has 0 atom stereocenters. The maximum absolute atomic E-state index is 13.8. The Labute approximate surface area is 140 Å². The van der Waals surface area contributed by atoms with Crippen molar-refractivity contribution in [2.45, 2.75) is 11.4 Å². The molecule has 0 unspecified atom stereocenters. The van der Waals surface area contributed by atoms with E-state index in [1.165, 1.54) is 28.6 Å². The molecule has 128 valence electrons. The summed E-state index contributed by atoms with van der Waals surface area (Å²) in [6.45, 7) is 2.21. The summed E-state index contributed by atoms with van der Waals surface area (Å²) < 4.78 is 53.9. The van der Waals surface area contributed by atoms with Crippen molar-refractivity contribution in [3.05, 3.63) is 65.7 Å². The Kier molecular flexibility index (Phi) is 4.93. The molecule has 0 spiro atoms. The van der Waals surface area contributed by atoms with Crippen LogP contribution < -0.4 is 4.90 Å². The molecule has 0 radical (unpaired) electrons. The lowest BCUT2D eigenvalue weighted by Gasteiger charge is -2.31. The lowest BCUT2D eigenvalue weighted by Crippen LogP contribution is -3.13. The van der Waals surface area contributed by atoms with E-state index in [2.05, 4.69) is 0 Å². The fraction of sp³-hybridized carbons (Fsp3) is 0.294. The van der Waals surface area contributed by atoms with Gasteiger partial charge in [-0.2, -0.15) is 4.31 Å². The van der Waals surface area contributed by atoms with Crippen LogP contribution in [0.25, 0.3) is 0 Å². The Morgan fingerprint density at radius 2 is 1.50 bits per heavy atom. The zero-order chi connectivity index (χ0) is 17.2. The second kappa shape index (κ2) is 6.96. The van der Waals surface area contributed by atoms with Gasteiger partial charge >= 0.3 is 0 Å². The number of sulfonamides is 1. The Morgan fingerprint density at radius 1 is 0.917 bits per heavy atom. The number of nitrogens with zero attached hydrogens (tertiary/aromatic N) is 1. The van der Waals surface area contributed by atoms with E-state index in [1.807, 2.05) is 0 Å². The maximum atomic E-state index is 13.8. The van der Waals surface area contributed by atoms with Crippen molar-refractivity contribution in [1.82, 2.24) is 4.31 Å². The fourth-order valence-corrected chi connectivity index (χ4v) is 4.43. The summed E-state index contributed by atoms with van der Waals surface area (Å²) in [7, 11) is -3.83. The number of hydrogen-bond donors (Lipinski definition) is 1. The minimum Gasteiger partial charge on any atom is -0.329 e. The van der Waals surface area contributed by atoms with E-state index < -0.39 is 15.8 Å². The number of benzene rings is 2. The molecule has 1 aliphatic rings. The van der Waals surface area contributed by atoms with Crippen LogP contribution in [0.3, 0.4) is 0 Å². The van der Waals surface area contributed by atoms with Crippen LogP contribution in [-0.4, -0.2) is 38.9 Å². The molecule has 1 fully saturated rings. The van der Waals surface area contributed by atoms with Crippen molar-refractivity contribution in [2.75, 3.05) is 26.2 Å². The van der Waals surface area contributed by atoms with Gasteiger partial charge in [0.1, 0.15) is 23.1 Å². The predicted octanol–water partition coefficient (Wildman–Crippen LogP) is 1.05. The summed E-state index contributed by atoms with van der Waals surface area (Å²) in [5.41, 5.74) is 0.623. The van der Waals surface area contributed by atoms with E-state index in [1.54, 1.807) is 18.2 Å². The molecule has 2 aromatic rings. The van der Waals surface area contributed by atoms with Gasteiger partial charge in [0.05, 0.1) is 26.2 Å². The van der Waals surface area contributed by atoms with Gasteiger partial charge in [0.25, 0.3) is 0 Å². The lowest BCUT2D eigenvalue weighted by atomic mass is 10.2. The third-order valence-corrected chi connectivity index (χ3v) is 6.21. The highest BCUT2D eigenvalue weighted by Gasteiger charge is 2.32. The third kappa shape index (κ3) is 3.48. The normalized spacial score (nSPS) is 17.1. The molecule has 0 amide bonds. The van der Waals surface area contributed by atoms with Gasteiger partial charge < -0.3 is 4.90 Å². The maximum Gasteiger partial charge on any atom is 0.246 e. The minimum absolute atomic E-state index is 0.244. The summed E-state index contributed by atoms with van der Waals surface area (Å²) in [6.07, 6.45) is 0. The first-order chi connectivity index (χ1) is 11.5. The number of rotatable bonds is 4. The lowest BCUT2D eigenvalue weighted by molar-refractivity contribution is -0.917. The number of hydrogen-bond acceptors (Lipinski definition) is 2. The average Bonchev–Trinajstić information content (AvgIpc) is 2.58. The van der Waals surface area contributed by atoms with Crippen LogP contribution in [0.5, 0.6) is 0 Å². The van der Waals surface area contributed by atoms with Gasteiger partial charge in [-0.25, -0.2) is 17.2 Å². The van der Waals surface area contributed by atoms with Gasteiger partial charge in [-0.3, -0.25) is 0 Å². The van der Waals surface area contributed by atoms with Gasteiger partial charge in [0, 0.05) is 5.56 Å². The molecule has 24 heavy (non-hydrogen) atoms. The highest BCUT2D eigenvalue weighted by atomic mass is 32.2. The molecular weight excluding hydrogens is 334 g/mol. The highest BCUT2D eigenvalue weighted by Crippen LogP contribution is 2.18. The Bertz CT molecular complexity index is 819. The Morgan fingerprint density at radius 3 is 2.12 bits per heavy atom.